The minimum absolute atomic E-state index is 0.819. The van der Waals surface area contributed by atoms with Gasteiger partial charge in [-0.1, -0.05) is 23.7 Å². The molecule has 1 unspecified atom stereocenters. The Morgan fingerprint density at radius 1 is 0.955 bits per heavy atom. The van der Waals surface area contributed by atoms with Crippen LogP contribution in [0.25, 0.3) is 0 Å². The van der Waals surface area contributed by atoms with Gasteiger partial charge in [0.05, 0.1) is 10.7 Å². The summed E-state index contributed by atoms with van der Waals surface area (Å²) in [6.07, 6.45) is 4.32. The van der Waals surface area contributed by atoms with Crippen LogP contribution in [-0.2, 0) is 0 Å². The molecule has 0 amide bonds. The maximum atomic E-state index is 6.33. The number of hydrogen-bond acceptors (Lipinski definition) is 3. The van der Waals surface area contributed by atoms with Gasteiger partial charge >= 0.3 is 0 Å². The minimum Gasteiger partial charge on any atom is -0.368 e. The lowest BCUT2D eigenvalue weighted by Crippen LogP contribution is -2.56. The largest absolute Gasteiger partial charge is 0.368 e. The van der Waals surface area contributed by atoms with Crippen molar-refractivity contribution in [2.75, 3.05) is 50.7 Å². The molecule has 4 saturated heterocycles. The Balaban J connectivity index is 1.32. The lowest BCUT2D eigenvalue weighted by molar-refractivity contribution is 0.0273. The molecule has 5 rings (SSSR count). The number of piperazine rings is 1. The second kappa shape index (κ2) is 6.38. The summed E-state index contributed by atoms with van der Waals surface area (Å²) in [6, 6.07) is 9.05. The zero-order chi connectivity index (χ0) is 14.9. The zero-order valence-corrected chi connectivity index (χ0v) is 14.0. The molecular formula is C18H26ClN3. The summed E-state index contributed by atoms with van der Waals surface area (Å²) in [6.45, 7) is 8.48. The first-order valence-corrected chi connectivity index (χ1v) is 9.13. The topological polar surface area (TPSA) is 9.72 Å². The number of piperidine rings is 3. The molecular weight excluding hydrogens is 294 g/mol. The monoisotopic (exact) mass is 319 g/mol. The van der Waals surface area contributed by atoms with E-state index in [0.29, 0.717) is 0 Å². The summed E-state index contributed by atoms with van der Waals surface area (Å²) in [4.78, 5) is 7.84. The molecule has 1 aromatic rings. The van der Waals surface area contributed by atoms with E-state index in [0.717, 1.165) is 30.1 Å². The Bertz CT molecular complexity index is 505. The fourth-order valence-corrected chi connectivity index (χ4v) is 4.71. The Morgan fingerprint density at radius 3 is 2.32 bits per heavy atom. The molecule has 0 radical (unpaired) electrons. The van der Waals surface area contributed by atoms with Gasteiger partial charge in [-0.05, 0) is 50.4 Å². The molecule has 1 atom stereocenters. The van der Waals surface area contributed by atoms with Crippen LogP contribution in [0, 0.1) is 5.92 Å². The van der Waals surface area contributed by atoms with Crippen molar-refractivity contribution in [1.29, 1.82) is 0 Å². The van der Waals surface area contributed by atoms with E-state index in [2.05, 4.69) is 26.8 Å². The van der Waals surface area contributed by atoms with E-state index in [9.17, 15) is 0 Å². The molecule has 4 heteroatoms. The predicted octanol–water partition coefficient (Wildman–Crippen LogP) is 2.95. The van der Waals surface area contributed by atoms with Gasteiger partial charge in [0.25, 0.3) is 0 Å². The SMILES string of the molecule is Clc1ccccc1N1CCN(CC2CC3CCN2CC3)CC1. The van der Waals surface area contributed by atoms with Crippen LogP contribution < -0.4 is 4.90 Å². The summed E-state index contributed by atoms with van der Waals surface area (Å²) in [7, 11) is 0. The van der Waals surface area contributed by atoms with Crippen molar-refractivity contribution >= 4 is 17.3 Å². The molecule has 0 saturated carbocycles. The van der Waals surface area contributed by atoms with Crippen molar-refractivity contribution in [3.63, 3.8) is 0 Å². The van der Waals surface area contributed by atoms with Crippen LogP contribution in [0.2, 0.25) is 5.02 Å². The third-order valence-corrected chi connectivity index (χ3v) is 6.12. The van der Waals surface area contributed by atoms with E-state index in [-0.39, 0.29) is 0 Å². The van der Waals surface area contributed by atoms with Crippen LogP contribution in [0.4, 0.5) is 5.69 Å². The molecule has 4 aliphatic heterocycles. The highest BCUT2D eigenvalue weighted by Gasteiger charge is 2.34. The van der Waals surface area contributed by atoms with E-state index < -0.39 is 0 Å². The van der Waals surface area contributed by atoms with E-state index in [1.165, 1.54) is 57.7 Å². The average Bonchev–Trinajstić information content (AvgIpc) is 2.57. The van der Waals surface area contributed by atoms with Gasteiger partial charge in [-0.15, -0.1) is 0 Å². The molecule has 4 heterocycles. The maximum Gasteiger partial charge on any atom is 0.0639 e. The molecule has 120 valence electrons. The first-order chi connectivity index (χ1) is 10.8. The highest BCUT2D eigenvalue weighted by atomic mass is 35.5. The maximum absolute atomic E-state index is 6.33. The summed E-state index contributed by atoms with van der Waals surface area (Å²) >= 11 is 6.33. The summed E-state index contributed by atoms with van der Waals surface area (Å²) in [5, 5.41) is 0.881. The van der Waals surface area contributed by atoms with Crippen LogP contribution in [0.5, 0.6) is 0 Å². The number of anilines is 1. The fraction of sp³-hybridized carbons (Fsp3) is 0.667. The molecule has 22 heavy (non-hydrogen) atoms. The smallest absolute Gasteiger partial charge is 0.0639 e. The van der Waals surface area contributed by atoms with E-state index in [1.807, 2.05) is 12.1 Å². The zero-order valence-electron chi connectivity index (χ0n) is 13.3. The van der Waals surface area contributed by atoms with Crippen molar-refractivity contribution in [3.05, 3.63) is 29.3 Å². The number of benzene rings is 1. The molecule has 3 nitrogen and oxygen atoms in total. The van der Waals surface area contributed by atoms with E-state index in [4.69, 9.17) is 11.6 Å². The molecule has 2 bridgehead atoms. The summed E-state index contributed by atoms with van der Waals surface area (Å²) in [5.41, 5.74) is 1.20. The molecule has 0 N–H and O–H groups in total. The third-order valence-electron chi connectivity index (χ3n) is 5.81. The van der Waals surface area contributed by atoms with Crippen molar-refractivity contribution in [2.24, 2.45) is 5.92 Å². The van der Waals surface area contributed by atoms with Gasteiger partial charge in [0, 0.05) is 38.8 Å². The fourth-order valence-electron chi connectivity index (χ4n) is 4.46. The minimum atomic E-state index is 0.819. The third kappa shape index (κ3) is 2.99. The predicted molar refractivity (Wildman–Crippen MR) is 92.8 cm³/mol. The summed E-state index contributed by atoms with van der Waals surface area (Å²) < 4.78 is 0. The van der Waals surface area contributed by atoms with Crippen molar-refractivity contribution in [1.82, 2.24) is 9.80 Å². The molecule has 4 aliphatic rings. The molecule has 0 aliphatic carbocycles. The first kappa shape index (κ1) is 14.8. The number of fused-ring (bicyclic) bond motifs is 3. The van der Waals surface area contributed by atoms with Crippen molar-refractivity contribution < 1.29 is 0 Å². The van der Waals surface area contributed by atoms with Crippen molar-refractivity contribution in [2.45, 2.75) is 25.3 Å². The van der Waals surface area contributed by atoms with E-state index >= 15 is 0 Å². The molecule has 1 aromatic carbocycles. The highest BCUT2D eigenvalue weighted by Crippen LogP contribution is 2.32. The first-order valence-electron chi connectivity index (χ1n) is 8.75. The van der Waals surface area contributed by atoms with Crippen LogP contribution in [0.15, 0.2) is 24.3 Å². The molecule has 0 aromatic heterocycles. The van der Waals surface area contributed by atoms with Gasteiger partial charge in [-0.3, -0.25) is 9.80 Å². The lowest BCUT2D eigenvalue weighted by Gasteiger charge is -2.48. The van der Waals surface area contributed by atoms with E-state index in [1.54, 1.807) is 0 Å². The van der Waals surface area contributed by atoms with Gasteiger partial charge in [0.15, 0.2) is 0 Å². The van der Waals surface area contributed by atoms with Gasteiger partial charge in [0.2, 0.25) is 0 Å². The number of halogens is 1. The van der Waals surface area contributed by atoms with Crippen LogP contribution >= 0.6 is 11.6 Å². The Labute approximate surface area is 138 Å². The van der Waals surface area contributed by atoms with Gasteiger partial charge in [-0.2, -0.15) is 0 Å². The van der Waals surface area contributed by atoms with Crippen LogP contribution in [-0.4, -0.2) is 61.7 Å². The quantitative estimate of drug-likeness (QED) is 0.848. The lowest BCUT2D eigenvalue weighted by atomic mass is 9.83. The number of nitrogens with zero attached hydrogens (tertiary/aromatic N) is 3. The normalized spacial score (nSPS) is 32.4. The Hall–Kier alpha value is -0.770. The highest BCUT2D eigenvalue weighted by molar-refractivity contribution is 6.33. The van der Waals surface area contributed by atoms with Gasteiger partial charge in [0.1, 0.15) is 0 Å². The second-order valence-electron chi connectivity index (χ2n) is 7.11. The van der Waals surface area contributed by atoms with Gasteiger partial charge < -0.3 is 4.90 Å². The molecule has 0 spiro atoms. The number of hydrogen-bond donors (Lipinski definition) is 0. The standard InChI is InChI=1S/C18H26ClN3/c19-17-3-1-2-4-18(17)22-11-9-20(10-12-22)14-16-13-15-5-7-21(16)8-6-15/h1-4,15-16H,5-14H2. The number of para-hydroxylation sites is 1. The second-order valence-corrected chi connectivity index (χ2v) is 7.52. The van der Waals surface area contributed by atoms with Gasteiger partial charge in [-0.25, -0.2) is 0 Å². The summed E-state index contributed by atoms with van der Waals surface area (Å²) in [5.74, 6) is 1.01. The van der Waals surface area contributed by atoms with Crippen molar-refractivity contribution in [3.8, 4) is 0 Å². The Morgan fingerprint density at radius 2 is 1.68 bits per heavy atom. The molecule has 4 fully saturated rings. The van der Waals surface area contributed by atoms with Crippen LogP contribution in [0.1, 0.15) is 19.3 Å². The Kier molecular flexibility index (Phi) is 4.29. The number of rotatable bonds is 3. The average molecular weight is 320 g/mol. The van der Waals surface area contributed by atoms with Crippen LogP contribution in [0.3, 0.4) is 0 Å².